The summed E-state index contributed by atoms with van der Waals surface area (Å²) in [5.74, 6) is 0.112. The molecule has 0 radical (unpaired) electrons. The highest BCUT2D eigenvalue weighted by atomic mass is 35.5. The van der Waals surface area contributed by atoms with Gasteiger partial charge in [0.25, 0.3) is 0 Å². The number of halogens is 1. The molecule has 36 heavy (non-hydrogen) atoms. The van der Waals surface area contributed by atoms with E-state index in [1.165, 1.54) is 9.99 Å². The Morgan fingerprint density at radius 1 is 0.972 bits per heavy atom. The van der Waals surface area contributed by atoms with Crippen molar-refractivity contribution in [1.29, 1.82) is 0 Å². The van der Waals surface area contributed by atoms with Gasteiger partial charge in [0, 0.05) is 42.6 Å². The topological polar surface area (TPSA) is 65.9 Å². The van der Waals surface area contributed by atoms with Crippen molar-refractivity contribution in [3.63, 3.8) is 0 Å². The third-order valence-electron chi connectivity index (χ3n) is 6.26. The van der Waals surface area contributed by atoms with Crippen molar-refractivity contribution in [1.82, 2.24) is 4.98 Å². The van der Waals surface area contributed by atoms with Gasteiger partial charge in [-0.05, 0) is 64.4 Å². The van der Waals surface area contributed by atoms with Crippen molar-refractivity contribution >= 4 is 66.1 Å². The molecular weight excluding hydrogens is 512 g/mol. The van der Waals surface area contributed by atoms with Crippen molar-refractivity contribution in [2.24, 2.45) is 4.99 Å². The van der Waals surface area contributed by atoms with Crippen LogP contribution in [0.1, 0.15) is 41.0 Å². The minimum atomic E-state index is -3.45. The lowest BCUT2D eigenvalue weighted by Crippen LogP contribution is -2.33. The van der Waals surface area contributed by atoms with E-state index in [9.17, 15) is 8.42 Å². The molecule has 1 aliphatic heterocycles. The predicted molar refractivity (Wildman–Crippen MR) is 158 cm³/mol. The van der Waals surface area contributed by atoms with Crippen molar-refractivity contribution in [3.05, 3.63) is 47.8 Å². The summed E-state index contributed by atoms with van der Waals surface area (Å²) in [5.41, 5.74) is 3.59. The molecule has 6 nitrogen and oxygen atoms in total. The number of sulfonamides is 1. The first-order valence-electron chi connectivity index (χ1n) is 12.4. The van der Waals surface area contributed by atoms with Gasteiger partial charge in [-0.3, -0.25) is 9.30 Å². The van der Waals surface area contributed by atoms with E-state index in [0.29, 0.717) is 25.2 Å². The lowest BCUT2D eigenvalue weighted by atomic mass is 10.0. The van der Waals surface area contributed by atoms with Crippen LogP contribution in [0.25, 0.3) is 31.6 Å². The quantitative estimate of drug-likeness (QED) is 0.182. The second kappa shape index (κ2) is 11.8. The number of anilines is 2. The summed E-state index contributed by atoms with van der Waals surface area (Å²) in [5, 5.41) is 2.66. The zero-order valence-electron chi connectivity index (χ0n) is 21.6. The van der Waals surface area contributed by atoms with Crippen LogP contribution in [0.5, 0.6) is 0 Å². The van der Waals surface area contributed by atoms with Crippen LogP contribution in [0.15, 0.2) is 47.5 Å². The Balaban J connectivity index is 0.00000361. The third-order valence-corrected chi connectivity index (χ3v) is 9.39. The molecule has 0 amide bonds. The van der Waals surface area contributed by atoms with Crippen molar-refractivity contribution < 1.29 is 8.42 Å². The van der Waals surface area contributed by atoms with Crippen LogP contribution in [0.4, 0.5) is 11.4 Å². The van der Waals surface area contributed by atoms with E-state index in [2.05, 4.69) is 43.0 Å². The minimum Gasteiger partial charge on any atom is -0.372 e. The van der Waals surface area contributed by atoms with E-state index >= 15 is 0 Å². The number of hydrogen-bond acceptors (Lipinski definition) is 6. The first kappa shape index (κ1) is 28.2. The first-order chi connectivity index (χ1) is 16.9. The van der Waals surface area contributed by atoms with Gasteiger partial charge in [0.1, 0.15) is 0 Å². The minimum absolute atomic E-state index is 0. The average Bonchev–Trinajstić information content (AvgIpc) is 2.84. The highest BCUT2D eigenvalue weighted by molar-refractivity contribution is 7.92. The summed E-state index contributed by atoms with van der Waals surface area (Å²) in [4.78, 5) is 13.2. The van der Waals surface area contributed by atoms with Crippen LogP contribution in [-0.4, -0.2) is 45.3 Å². The Morgan fingerprint density at radius 2 is 1.72 bits per heavy atom. The Morgan fingerprint density at radius 3 is 2.36 bits per heavy atom. The summed E-state index contributed by atoms with van der Waals surface area (Å²) in [6, 6.07) is 14.3. The molecule has 2 aliphatic rings. The molecule has 0 saturated heterocycles. The van der Waals surface area contributed by atoms with Crippen molar-refractivity contribution in [2.45, 2.75) is 41.0 Å². The predicted octanol–water partition coefficient (Wildman–Crippen LogP) is 6.31. The van der Waals surface area contributed by atoms with Gasteiger partial charge in [-0.1, -0.05) is 19.1 Å². The Bertz CT molecular complexity index is 1500. The highest BCUT2D eigenvalue weighted by Gasteiger charge is 2.25. The Kier molecular flexibility index (Phi) is 9.19. The van der Waals surface area contributed by atoms with Gasteiger partial charge in [0.05, 0.1) is 37.6 Å². The summed E-state index contributed by atoms with van der Waals surface area (Å²) >= 11 is 1.69. The number of benzene rings is 3. The number of fused-ring (bicyclic) bond motifs is 4. The van der Waals surface area contributed by atoms with Gasteiger partial charge >= 0.3 is 0 Å². The molecule has 9 heteroatoms. The maximum Gasteiger partial charge on any atom is 0.235 e. The molecule has 0 atom stereocenters. The van der Waals surface area contributed by atoms with Gasteiger partial charge in [-0.2, -0.15) is 0 Å². The van der Waals surface area contributed by atoms with Crippen molar-refractivity contribution in [2.75, 3.05) is 41.1 Å². The second-order valence-electron chi connectivity index (χ2n) is 8.44. The summed E-state index contributed by atoms with van der Waals surface area (Å²) in [6.45, 7) is 13.0. The van der Waals surface area contributed by atoms with E-state index in [1.807, 2.05) is 39.0 Å². The molecule has 2 aromatic rings. The van der Waals surface area contributed by atoms with E-state index < -0.39 is 10.0 Å². The summed E-state index contributed by atoms with van der Waals surface area (Å²) < 4.78 is 29.0. The highest BCUT2D eigenvalue weighted by Crippen LogP contribution is 2.40. The van der Waals surface area contributed by atoms with E-state index in [4.69, 9.17) is 9.98 Å². The molecule has 0 aromatic heterocycles. The number of aromatic nitrogens is 1. The van der Waals surface area contributed by atoms with Gasteiger partial charge < -0.3 is 4.90 Å². The fourth-order valence-electron chi connectivity index (χ4n) is 4.68. The number of rotatable bonds is 9. The molecule has 0 unspecified atom stereocenters. The van der Waals surface area contributed by atoms with Gasteiger partial charge in [0.15, 0.2) is 0 Å². The second-order valence-corrected chi connectivity index (χ2v) is 11.5. The Labute approximate surface area is 224 Å². The molecule has 0 fully saturated rings. The molecule has 194 valence electrons. The molecule has 0 bridgehead atoms. The summed E-state index contributed by atoms with van der Waals surface area (Å²) in [7, 11) is -3.45. The van der Waals surface area contributed by atoms with Crippen LogP contribution in [0, 0.1) is 0 Å². The fraction of sp³-hybridized carbons (Fsp3) is 0.407. The maximum absolute atomic E-state index is 13.2. The van der Waals surface area contributed by atoms with Crippen LogP contribution in [0.2, 0.25) is 0 Å². The van der Waals surface area contributed by atoms with Crippen LogP contribution in [-0.2, 0) is 10.0 Å². The molecule has 0 saturated carbocycles. The number of hydrogen-bond donors (Lipinski definition) is 0. The maximum atomic E-state index is 13.2. The standard InChI is InChI=1S/C27H34N4O2S2.ClH/c1-6-16-35(32,33)31(10-5)23-13-11-12-20-22(28-7-2)18-25-27(26(20)23)29-21-15-14-19(17-24(21)34-25)30(8-3)9-4;/h11-15,17-18H,6-10,16H2,1-5H3;1H. The average molecular weight is 547 g/mol. The zero-order valence-corrected chi connectivity index (χ0v) is 24.1. The SMILES string of the molecule is CCCS(=O)(=O)N(CC)c1cccc2c(=NCC)cc3sc4cc(N(CC)CC)ccc4nc-3c12.Cl. The van der Waals surface area contributed by atoms with Gasteiger partial charge in [-0.25, -0.2) is 13.4 Å². The molecule has 4 rings (SSSR count). The first-order valence-corrected chi connectivity index (χ1v) is 14.9. The lowest BCUT2D eigenvalue weighted by molar-refractivity contribution is 0.590. The fourth-order valence-corrected chi connectivity index (χ4v) is 7.31. The molecular formula is C27H35ClN4O2S2. The smallest absolute Gasteiger partial charge is 0.235 e. The van der Waals surface area contributed by atoms with Crippen LogP contribution < -0.4 is 14.6 Å². The monoisotopic (exact) mass is 546 g/mol. The molecule has 0 N–H and O–H groups in total. The van der Waals surface area contributed by atoms with Crippen molar-refractivity contribution in [3.8, 4) is 10.6 Å². The number of nitrogens with zero attached hydrogens (tertiary/aromatic N) is 4. The van der Waals surface area contributed by atoms with Gasteiger partial charge in [-0.15, -0.1) is 23.7 Å². The largest absolute Gasteiger partial charge is 0.372 e. The molecule has 1 heterocycles. The van der Waals surface area contributed by atoms with Crippen LogP contribution >= 0.6 is 23.7 Å². The van der Waals surface area contributed by atoms with E-state index in [0.717, 1.165) is 50.0 Å². The zero-order chi connectivity index (χ0) is 25.2. The van der Waals surface area contributed by atoms with Crippen LogP contribution in [0.3, 0.4) is 0 Å². The lowest BCUT2D eigenvalue weighted by Gasteiger charge is -2.25. The molecule has 1 aliphatic carbocycles. The normalized spacial score (nSPS) is 12.3. The third kappa shape index (κ3) is 5.17. The van der Waals surface area contributed by atoms with Gasteiger partial charge in [0.2, 0.25) is 10.0 Å². The van der Waals surface area contributed by atoms with E-state index in [1.54, 1.807) is 11.3 Å². The molecule has 0 spiro atoms. The van der Waals surface area contributed by atoms with E-state index in [-0.39, 0.29) is 18.2 Å². The Hall–Kier alpha value is -2.42. The summed E-state index contributed by atoms with van der Waals surface area (Å²) in [6.07, 6.45) is 0.570. The molecule has 2 aromatic carbocycles.